The van der Waals surface area contributed by atoms with Crippen molar-refractivity contribution in [1.82, 2.24) is 4.98 Å². The van der Waals surface area contributed by atoms with Crippen LogP contribution in [0.15, 0.2) is 24.5 Å². The highest BCUT2D eigenvalue weighted by Gasteiger charge is 1.92. The van der Waals surface area contributed by atoms with Gasteiger partial charge in [0.2, 0.25) is 5.91 Å². The summed E-state index contributed by atoms with van der Waals surface area (Å²) in [4.78, 5) is 14.2. The molecule has 0 unspecified atom stereocenters. The Labute approximate surface area is 75.3 Å². The molecule has 1 heterocycles. The summed E-state index contributed by atoms with van der Waals surface area (Å²) in [5.74, 6) is -0.526. The molecule has 4 heteroatoms. The molecule has 13 heavy (non-hydrogen) atoms. The summed E-state index contributed by atoms with van der Waals surface area (Å²) in [7, 11) is 0. The number of primary amides is 1. The first kappa shape index (κ1) is 8.94. The molecule has 0 aliphatic carbocycles. The molecule has 0 bridgehead atoms. The number of pyridine rings is 1. The topological polar surface area (TPSA) is 79.8 Å². The SMILES string of the molecule is N#Cc1cncc(C=CC(N)=O)c1. The zero-order valence-electron chi connectivity index (χ0n) is 6.77. The Kier molecular flexibility index (Phi) is 2.77. The van der Waals surface area contributed by atoms with E-state index in [2.05, 4.69) is 4.98 Å². The summed E-state index contributed by atoms with van der Waals surface area (Å²) in [6, 6.07) is 3.56. The van der Waals surface area contributed by atoms with E-state index in [1.165, 1.54) is 18.3 Å². The summed E-state index contributed by atoms with van der Waals surface area (Å²) in [6.45, 7) is 0. The van der Waals surface area contributed by atoms with Gasteiger partial charge in [0.1, 0.15) is 6.07 Å². The average Bonchev–Trinajstić information content (AvgIpc) is 2.15. The Morgan fingerprint density at radius 1 is 1.62 bits per heavy atom. The summed E-state index contributed by atoms with van der Waals surface area (Å²) in [5.41, 5.74) is 6.03. The van der Waals surface area contributed by atoms with E-state index in [1.807, 2.05) is 6.07 Å². The van der Waals surface area contributed by atoms with Crippen LogP contribution < -0.4 is 5.73 Å². The quantitative estimate of drug-likeness (QED) is 0.659. The maximum atomic E-state index is 10.4. The highest BCUT2D eigenvalue weighted by molar-refractivity contribution is 5.90. The molecule has 2 N–H and O–H groups in total. The van der Waals surface area contributed by atoms with E-state index in [0.29, 0.717) is 11.1 Å². The van der Waals surface area contributed by atoms with Crippen LogP contribution in [0.1, 0.15) is 11.1 Å². The van der Waals surface area contributed by atoms with Crippen LogP contribution in [0.5, 0.6) is 0 Å². The van der Waals surface area contributed by atoms with E-state index >= 15 is 0 Å². The molecule has 1 aromatic rings. The molecule has 0 saturated heterocycles. The molecule has 0 aliphatic rings. The van der Waals surface area contributed by atoms with Crippen molar-refractivity contribution >= 4 is 12.0 Å². The van der Waals surface area contributed by atoms with Gasteiger partial charge < -0.3 is 5.73 Å². The van der Waals surface area contributed by atoms with E-state index < -0.39 is 5.91 Å². The Balaban J connectivity index is 2.91. The molecule has 0 fully saturated rings. The zero-order chi connectivity index (χ0) is 9.68. The summed E-state index contributed by atoms with van der Waals surface area (Å²) in [6.07, 6.45) is 5.72. The van der Waals surface area contributed by atoms with E-state index in [9.17, 15) is 4.79 Å². The first-order valence-corrected chi connectivity index (χ1v) is 3.55. The fraction of sp³-hybridized carbons (Fsp3) is 0. The van der Waals surface area contributed by atoms with Crippen molar-refractivity contribution in [3.8, 4) is 6.07 Å². The minimum absolute atomic E-state index is 0.451. The minimum Gasteiger partial charge on any atom is -0.366 e. The van der Waals surface area contributed by atoms with Crippen LogP contribution in [-0.4, -0.2) is 10.9 Å². The Hall–Kier alpha value is -2.15. The van der Waals surface area contributed by atoms with E-state index in [4.69, 9.17) is 11.0 Å². The molecule has 0 radical (unpaired) electrons. The minimum atomic E-state index is -0.526. The maximum absolute atomic E-state index is 10.4. The summed E-state index contributed by atoms with van der Waals surface area (Å²) >= 11 is 0. The number of carbonyl (C=O) groups excluding carboxylic acids is 1. The van der Waals surface area contributed by atoms with Crippen molar-refractivity contribution in [2.75, 3.05) is 0 Å². The molecular weight excluding hydrogens is 166 g/mol. The van der Waals surface area contributed by atoms with Crippen LogP contribution in [0.3, 0.4) is 0 Å². The molecule has 64 valence electrons. The Morgan fingerprint density at radius 3 is 3.00 bits per heavy atom. The third-order valence-corrected chi connectivity index (χ3v) is 1.33. The fourth-order valence-corrected chi connectivity index (χ4v) is 0.788. The van der Waals surface area contributed by atoms with Crippen molar-refractivity contribution < 1.29 is 4.79 Å². The second-order valence-corrected chi connectivity index (χ2v) is 2.35. The van der Waals surface area contributed by atoms with Crippen LogP contribution in [0.4, 0.5) is 0 Å². The predicted molar refractivity (Wildman–Crippen MR) is 47.2 cm³/mol. The molecule has 0 aromatic carbocycles. The van der Waals surface area contributed by atoms with Crippen LogP contribution in [0, 0.1) is 11.3 Å². The monoisotopic (exact) mass is 173 g/mol. The Morgan fingerprint density at radius 2 is 2.38 bits per heavy atom. The van der Waals surface area contributed by atoms with Gasteiger partial charge in [0.25, 0.3) is 0 Å². The lowest BCUT2D eigenvalue weighted by atomic mass is 10.2. The molecular formula is C9H7N3O. The molecule has 4 nitrogen and oxygen atoms in total. The van der Waals surface area contributed by atoms with Crippen LogP contribution >= 0.6 is 0 Å². The van der Waals surface area contributed by atoms with Crippen LogP contribution in [0.25, 0.3) is 6.08 Å². The molecule has 1 amide bonds. The smallest absolute Gasteiger partial charge is 0.241 e. The normalized spacial score (nSPS) is 9.77. The van der Waals surface area contributed by atoms with Gasteiger partial charge in [0.05, 0.1) is 5.56 Å². The number of amides is 1. The summed E-state index contributed by atoms with van der Waals surface area (Å²) in [5, 5.41) is 8.53. The van der Waals surface area contributed by atoms with Gasteiger partial charge in [-0.05, 0) is 17.7 Å². The Bertz CT molecular complexity index is 390. The molecule has 0 aliphatic heterocycles. The largest absolute Gasteiger partial charge is 0.366 e. The van der Waals surface area contributed by atoms with Crippen molar-refractivity contribution in [3.05, 3.63) is 35.7 Å². The standard InChI is InChI=1S/C9H7N3O/c10-4-8-3-7(5-12-6-8)1-2-9(11)13/h1-3,5-6H,(H2,11,13). The molecule has 0 spiro atoms. The fourth-order valence-electron chi connectivity index (χ4n) is 0.788. The van der Waals surface area contributed by atoms with E-state index in [1.54, 1.807) is 12.3 Å². The van der Waals surface area contributed by atoms with Gasteiger partial charge in [-0.2, -0.15) is 5.26 Å². The number of nitriles is 1. The number of carbonyl (C=O) groups is 1. The van der Waals surface area contributed by atoms with Gasteiger partial charge in [-0.25, -0.2) is 0 Å². The number of nitrogens with two attached hydrogens (primary N) is 1. The van der Waals surface area contributed by atoms with E-state index in [0.717, 1.165) is 0 Å². The second-order valence-electron chi connectivity index (χ2n) is 2.35. The van der Waals surface area contributed by atoms with Crippen molar-refractivity contribution in [2.45, 2.75) is 0 Å². The first-order valence-electron chi connectivity index (χ1n) is 3.55. The van der Waals surface area contributed by atoms with Gasteiger partial charge in [-0.3, -0.25) is 9.78 Å². The van der Waals surface area contributed by atoms with Crippen LogP contribution in [-0.2, 0) is 4.79 Å². The number of hydrogen-bond acceptors (Lipinski definition) is 3. The van der Waals surface area contributed by atoms with Crippen molar-refractivity contribution in [2.24, 2.45) is 5.73 Å². The molecule has 1 aromatic heterocycles. The third kappa shape index (κ3) is 2.75. The van der Waals surface area contributed by atoms with Crippen molar-refractivity contribution in [1.29, 1.82) is 5.26 Å². The van der Waals surface area contributed by atoms with Gasteiger partial charge in [0, 0.05) is 18.5 Å². The highest BCUT2D eigenvalue weighted by atomic mass is 16.1. The van der Waals surface area contributed by atoms with Gasteiger partial charge in [0.15, 0.2) is 0 Å². The average molecular weight is 173 g/mol. The van der Waals surface area contributed by atoms with Crippen molar-refractivity contribution in [3.63, 3.8) is 0 Å². The zero-order valence-corrected chi connectivity index (χ0v) is 6.77. The molecule has 1 rings (SSSR count). The second kappa shape index (κ2) is 4.02. The number of nitrogens with zero attached hydrogens (tertiary/aromatic N) is 2. The lowest BCUT2D eigenvalue weighted by Crippen LogP contribution is -2.05. The van der Waals surface area contributed by atoms with Gasteiger partial charge in [-0.1, -0.05) is 0 Å². The third-order valence-electron chi connectivity index (χ3n) is 1.33. The summed E-state index contributed by atoms with van der Waals surface area (Å²) < 4.78 is 0. The lowest BCUT2D eigenvalue weighted by Gasteiger charge is -1.91. The number of rotatable bonds is 2. The lowest BCUT2D eigenvalue weighted by molar-refractivity contribution is -0.113. The number of hydrogen-bond donors (Lipinski definition) is 1. The van der Waals surface area contributed by atoms with Gasteiger partial charge in [-0.15, -0.1) is 0 Å². The first-order chi connectivity index (χ1) is 6.22. The maximum Gasteiger partial charge on any atom is 0.241 e. The molecule has 0 atom stereocenters. The number of aromatic nitrogens is 1. The van der Waals surface area contributed by atoms with Gasteiger partial charge >= 0.3 is 0 Å². The predicted octanol–water partition coefficient (Wildman–Crippen LogP) is 0.452. The van der Waals surface area contributed by atoms with E-state index in [-0.39, 0.29) is 0 Å². The molecule has 0 saturated carbocycles. The highest BCUT2D eigenvalue weighted by Crippen LogP contribution is 2.02. The van der Waals surface area contributed by atoms with Crippen LogP contribution in [0.2, 0.25) is 0 Å².